The number of rotatable bonds is 7. The zero-order valence-electron chi connectivity index (χ0n) is 15.2. The number of benzene rings is 2. The van der Waals surface area contributed by atoms with Crippen molar-refractivity contribution in [2.24, 2.45) is 0 Å². The molecule has 2 aromatic carbocycles. The molecule has 7 heteroatoms. The number of esters is 1. The molecule has 0 radical (unpaired) electrons. The van der Waals surface area contributed by atoms with Gasteiger partial charge in [0.25, 0.3) is 5.91 Å². The maximum atomic E-state index is 12.1. The number of ether oxygens (including phenoxy) is 3. The summed E-state index contributed by atoms with van der Waals surface area (Å²) < 4.78 is 15.5. The van der Waals surface area contributed by atoms with Crippen LogP contribution in [0, 0.1) is 0 Å². The van der Waals surface area contributed by atoms with Crippen molar-refractivity contribution in [2.45, 2.75) is 13.0 Å². The Bertz CT molecular complexity index is 850. The van der Waals surface area contributed by atoms with Crippen molar-refractivity contribution in [1.82, 2.24) is 0 Å². The summed E-state index contributed by atoms with van der Waals surface area (Å²) in [5.41, 5.74) is 1.19. The van der Waals surface area contributed by atoms with Gasteiger partial charge in [0.1, 0.15) is 11.5 Å². The molecule has 1 amide bonds. The molecule has 0 aliphatic carbocycles. The Balaban J connectivity index is 1.96. The zero-order valence-corrected chi connectivity index (χ0v) is 15.9. The smallest absolute Gasteiger partial charge is 0.331 e. The molecule has 0 aliphatic rings. The van der Waals surface area contributed by atoms with Crippen LogP contribution < -0.4 is 14.8 Å². The van der Waals surface area contributed by atoms with E-state index in [0.717, 1.165) is 0 Å². The van der Waals surface area contributed by atoms with Crippen molar-refractivity contribution in [2.75, 3.05) is 19.5 Å². The van der Waals surface area contributed by atoms with Crippen LogP contribution in [0.15, 0.2) is 48.5 Å². The van der Waals surface area contributed by atoms with Crippen LogP contribution in [0.1, 0.15) is 12.5 Å². The van der Waals surface area contributed by atoms with E-state index < -0.39 is 18.0 Å². The number of methoxy groups -OCH3 is 2. The number of carbonyl (C=O) groups excluding carboxylic acids is 2. The van der Waals surface area contributed by atoms with Gasteiger partial charge in [-0.25, -0.2) is 4.79 Å². The van der Waals surface area contributed by atoms with Gasteiger partial charge in [-0.1, -0.05) is 17.7 Å². The molecule has 1 N–H and O–H groups in total. The van der Waals surface area contributed by atoms with Crippen LogP contribution >= 0.6 is 11.6 Å². The summed E-state index contributed by atoms with van der Waals surface area (Å²) in [6.45, 7) is 1.49. The number of amides is 1. The quantitative estimate of drug-likeness (QED) is 0.573. The van der Waals surface area contributed by atoms with Crippen LogP contribution in [0.25, 0.3) is 6.08 Å². The van der Waals surface area contributed by atoms with Gasteiger partial charge >= 0.3 is 5.97 Å². The lowest BCUT2D eigenvalue weighted by Gasteiger charge is -2.12. The number of nitrogens with one attached hydrogen (secondary N) is 1. The van der Waals surface area contributed by atoms with Crippen LogP contribution in [0.4, 0.5) is 5.69 Å². The molecule has 0 aromatic heterocycles. The van der Waals surface area contributed by atoms with Gasteiger partial charge in [-0.05, 0) is 43.3 Å². The van der Waals surface area contributed by atoms with Crippen molar-refractivity contribution in [3.05, 3.63) is 59.1 Å². The van der Waals surface area contributed by atoms with Gasteiger partial charge in [-0.3, -0.25) is 4.79 Å². The van der Waals surface area contributed by atoms with Gasteiger partial charge in [0.05, 0.1) is 14.2 Å². The molecule has 142 valence electrons. The molecule has 2 rings (SSSR count). The predicted octanol–water partition coefficient (Wildman–Crippen LogP) is 3.94. The number of hydrogen-bond donors (Lipinski definition) is 1. The molecule has 6 nitrogen and oxygen atoms in total. The number of anilines is 1. The fourth-order valence-electron chi connectivity index (χ4n) is 2.19. The third-order valence-corrected chi connectivity index (χ3v) is 3.83. The van der Waals surface area contributed by atoms with E-state index in [-0.39, 0.29) is 0 Å². The minimum Gasteiger partial charge on any atom is -0.497 e. The highest BCUT2D eigenvalue weighted by molar-refractivity contribution is 6.30. The molecule has 0 bridgehead atoms. The second kappa shape index (κ2) is 9.64. The van der Waals surface area contributed by atoms with Crippen LogP contribution in [-0.2, 0) is 14.3 Å². The maximum Gasteiger partial charge on any atom is 0.331 e. The van der Waals surface area contributed by atoms with Crippen molar-refractivity contribution >= 4 is 35.2 Å². The normalized spacial score (nSPS) is 11.7. The van der Waals surface area contributed by atoms with Gasteiger partial charge < -0.3 is 19.5 Å². The van der Waals surface area contributed by atoms with Gasteiger partial charge in [-0.15, -0.1) is 0 Å². The first-order valence-electron chi connectivity index (χ1n) is 8.10. The van der Waals surface area contributed by atoms with E-state index in [4.69, 9.17) is 25.8 Å². The van der Waals surface area contributed by atoms with Crippen LogP contribution in [-0.4, -0.2) is 32.2 Å². The average molecular weight is 390 g/mol. The Morgan fingerprint density at radius 2 is 1.89 bits per heavy atom. The molecule has 1 atom stereocenters. The lowest BCUT2D eigenvalue weighted by Crippen LogP contribution is -2.29. The first-order valence-corrected chi connectivity index (χ1v) is 8.48. The first-order chi connectivity index (χ1) is 12.9. The summed E-state index contributed by atoms with van der Waals surface area (Å²) in [5, 5.41) is 3.13. The molecule has 0 saturated carbocycles. The summed E-state index contributed by atoms with van der Waals surface area (Å²) in [4.78, 5) is 24.1. The number of halogens is 1. The van der Waals surface area contributed by atoms with Crippen molar-refractivity contribution in [3.8, 4) is 11.5 Å². The molecule has 0 heterocycles. The summed E-state index contributed by atoms with van der Waals surface area (Å²) in [6.07, 6.45) is 1.80. The summed E-state index contributed by atoms with van der Waals surface area (Å²) >= 11 is 5.87. The van der Waals surface area contributed by atoms with Crippen LogP contribution in [0.5, 0.6) is 11.5 Å². The summed E-state index contributed by atoms with van der Waals surface area (Å²) in [7, 11) is 3.07. The minimum absolute atomic E-state index is 0.457. The lowest BCUT2D eigenvalue weighted by molar-refractivity contribution is -0.148. The fraction of sp³-hybridized carbons (Fsp3) is 0.200. The Morgan fingerprint density at radius 3 is 2.56 bits per heavy atom. The van der Waals surface area contributed by atoms with Crippen LogP contribution in [0.2, 0.25) is 5.02 Å². The lowest BCUT2D eigenvalue weighted by atomic mass is 10.1. The topological polar surface area (TPSA) is 73.9 Å². The van der Waals surface area contributed by atoms with Crippen molar-refractivity contribution in [3.63, 3.8) is 0 Å². The highest BCUT2D eigenvalue weighted by Crippen LogP contribution is 2.25. The summed E-state index contributed by atoms with van der Waals surface area (Å²) in [5.74, 6) is 0.0747. The molecule has 0 saturated heterocycles. The van der Waals surface area contributed by atoms with Gasteiger partial charge in [-0.2, -0.15) is 0 Å². The number of hydrogen-bond acceptors (Lipinski definition) is 5. The molecular weight excluding hydrogens is 370 g/mol. The maximum absolute atomic E-state index is 12.1. The monoisotopic (exact) mass is 389 g/mol. The molecule has 2 aromatic rings. The largest absolute Gasteiger partial charge is 0.497 e. The SMILES string of the molecule is COc1ccc(/C=C/C(=O)O[C@H](C)C(=O)Nc2cccc(Cl)c2)c(OC)c1. The van der Waals surface area contributed by atoms with E-state index >= 15 is 0 Å². The Morgan fingerprint density at radius 1 is 1.11 bits per heavy atom. The highest BCUT2D eigenvalue weighted by atomic mass is 35.5. The predicted molar refractivity (Wildman–Crippen MR) is 104 cm³/mol. The Labute approximate surface area is 162 Å². The molecular formula is C20H20ClNO5. The third kappa shape index (κ3) is 6.04. The molecule has 0 fully saturated rings. The second-order valence-corrected chi connectivity index (χ2v) is 5.96. The summed E-state index contributed by atoms with van der Waals surface area (Å²) in [6, 6.07) is 11.9. The Kier molecular flexibility index (Phi) is 7.25. The minimum atomic E-state index is -0.973. The molecule has 27 heavy (non-hydrogen) atoms. The third-order valence-electron chi connectivity index (χ3n) is 3.59. The molecule has 0 aliphatic heterocycles. The van der Waals surface area contributed by atoms with Crippen molar-refractivity contribution in [1.29, 1.82) is 0 Å². The standard InChI is InChI=1S/C20H20ClNO5/c1-13(20(24)22-16-6-4-5-15(21)11-16)27-19(23)10-8-14-7-9-17(25-2)12-18(14)26-3/h4-13H,1-3H3,(H,22,24)/b10-8+/t13-/m1/s1. The van der Waals surface area contributed by atoms with E-state index in [2.05, 4.69) is 5.32 Å². The van der Waals surface area contributed by atoms with Gasteiger partial charge in [0.15, 0.2) is 6.10 Å². The van der Waals surface area contributed by atoms with Crippen molar-refractivity contribution < 1.29 is 23.8 Å². The van der Waals surface area contributed by atoms with E-state index in [1.165, 1.54) is 20.1 Å². The average Bonchev–Trinajstić information content (AvgIpc) is 2.66. The Hall–Kier alpha value is -2.99. The van der Waals surface area contributed by atoms with Gasteiger partial charge in [0.2, 0.25) is 0 Å². The van der Waals surface area contributed by atoms with E-state index in [1.807, 2.05) is 0 Å². The van der Waals surface area contributed by atoms with Crippen LogP contribution in [0.3, 0.4) is 0 Å². The highest BCUT2D eigenvalue weighted by Gasteiger charge is 2.17. The number of carbonyl (C=O) groups is 2. The van der Waals surface area contributed by atoms with E-state index in [9.17, 15) is 9.59 Å². The second-order valence-electron chi connectivity index (χ2n) is 5.52. The molecule has 0 spiro atoms. The first kappa shape index (κ1) is 20.3. The fourth-order valence-corrected chi connectivity index (χ4v) is 2.38. The van der Waals surface area contributed by atoms with E-state index in [1.54, 1.807) is 55.7 Å². The van der Waals surface area contributed by atoms with Gasteiger partial charge in [0, 0.05) is 28.4 Å². The zero-order chi connectivity index (χ0) is 19.8. The van der Waals surface area contributed by atoms with E-state index in [0.29, 0.717) is 27.8 Å². The molecule has 0 unspecified atom stereocenters.